The minimum atomic E-state index is -0.511. The van der Waals surface area contributed by atoms with E-state index >= 15 is 0 Å². The molecule has 4 heteroatoms. The summed E-state index contributed by atoms with van der Waals surface area (Å²) >= 11 is 1.74. The van der Waals surface area contributed by atoms with Crippen LogP contribution >= 0.6 is 11.3 Å². The van der Waals surface area contributed by atoms with Gasteiger partial charge < -0.3 is 5.11 Å². The van der Waals surface area contributed by atoms with E-state index < -0.39 is 5.54 Å². The second-order valence-corrected chi connectivity index (χ2v) is 5.13. The number of aliphatic hydroxyl groups excluding tert-OH is 1. The Balaban J connectivity index is 2.20. The van der Waals surface area contributed by atoms with Crippen LogP contribution < -0.4 is 5.32 Å². The lowest BCUT2D eigenvalue weighted by molar-refractivity contribution is 0.273. The normalized spacial score (nSPS) is 23.8. The Hall–Kier alpha value is -0.890. The molecule has 86 valence electrons. The lowest BCUT2D eigenvalue weighted by Crippen LogP contribution is -2.43. The van der Waals surface area contributed by atoms with Crippen LogP contribution in [0.1, 0.15) is 29.7 Å². The van der Waals surface area contributed by atoms with Crippen molar-refractivity contribution in [2.75, 3.05) is 13.2 Å². The van der Waals surface area contributed by atoms with Gasteiger partial charge in [-0.05, 0) is 43.7 Å². The molecule has 2 rings (SSSR count). The van der Waals surface area contributed by atoms with Crippen molar-refractivity contribution in [2.24, 2.45) is 0 Å². The summed E-state index contributed by atoms with van der Waals surface area (Å²) in [5.74, 6) is 0. The van der Waals surface area contributed by atoms with Crippen molar-refractivity contribution in [3.63, 3.8) is 0 Å². The molecule has 0 fully saturated rings. The zero-order valence-electron chi connectivity index (χ0n) is 9.20. The highest BCUT2D eigenvalue weighted by Crippen LogP contribution is 2.37. The van der Waals surface area contributed by atoms with Crippen LogP contribution in [0, 0.1) is 11.3 Å². The maximum absolute atomic E-state index is 9.44. The summed E-state index contributed by atoms with van der Waals surface area (Å²) in [6, 6.07) is 4.50. The average Bonchev–Trinajstić information content (AvgIpc) is 2.78. The first kappa shape index (κ1) is 11.6. The van der Waals surface area contributed by atoms with E-state index in [-0.39, 0.29) is 6.61 Å². The van der Waals surface area contributed by atoms with E-state index in [2.05, 4.69) is 22.8 Å². The molecule has 0 aromatic carbocycles. The second-order valence-electron chi connectivity index (χ2n) is 4.13. The highest BCUT2D eigenvalue weighted by atomic mass is 32.1. The predicted molar refractivity (Wildman–Crippen MR) is 64.3 cm³/mol. The van der Waals surface area contributed by atoms with E-state index in [1.165, 1.54) is 4.88 Å². The molecule has 0 radical (unpaired) electrons. The van der Waals surface area contributed by atoms with Crippen molar-refractivity contribution < 1.29 is 5.11 Å². The third-order valence-corrected chi connectivity index (χ3v) is 4.09. The Morgan fingerprint density at radius 1 is 1.62 bits per heavy atom. The van der Waals surface area contributed by atoms with Gasteiger partial charge in [-0.15, -0.1) is 11.3 Å². The van der Waals surface area contributed by atoms with E-state index in [0.717, 1.165) is 24.8 Å². The van der Waals surface area contributed by atoms with Crippen LogP contribution in [0.5, 0.6) is 0 Å². The van der Waals surface area contributed by atoms with Crippen LogP contribution in [0.4, 0.5) is 0 Å². The van der Waals surface area contributed by atoms with Crippen LogP contribution in [-0.2, 0) is 12.0 Å². The molecule has 0 aliphatic heterocycles. The first-order valence-corrected chi connectivity index (χ1v) is 6.54. The van der Waals surface area contributed by atoms with Crippen molar-refractivity contribution in [3.8, 4) is 6.07 Å². The summed E-state index contributed by atoms with van der Waals surface area (Å²) in [5.41, 5.74) is 0.645. The van der Waals surface area contributed by atoms with Gasteiger partial charge >= 0.3 is 0 Å². The minimum absolute atomic E-state index is 0.172. The Morgan fingerprint density at radius 2 is 2.50 bits per heavy atom. The fourth-order valence-electron chi connectivity index (χ4n) is 2.28. The highest BCUT2D eigenvalue weighted by molar-refractivity contribution is 7.10. The Kier molecular flexibility index (Phi) is 3.59. The lowest BCUT2D eigenvalue weighted by Gasteiger charge is -2.32. The van der Waals surface area contributed by atoms with E-state index in [1.807, 2.05) is 0 Å². The van der Waals surface area contributed by atoms with Crippen LogP contribution in [0.3, 0.4) is 0 Å². The van der Waals surface area contributed by atoms with Crippen LogP contribution in [0.25, 0.3) is 0 Å². The van der Waals surface area contributed by atoms with Crippen molar-refractivity contribution in [2.45, 2.75) is 31.2 Å². The molecule has 16 heavy (non-hydrogen) atoms. The first-order chi connectivity index (χ1) is 7.82. The average molecular weight is 236 g/mol. The van der Waals surface area contributed by atoms with Gasteiger partial charge in [0, 0.05) is 17.0 Å². The number of nitriles is 1. The number of aliphatic hydroxyl groups is 1. The van der Waals surface area contributed by atoms with E-state index in [1.54, 1.807) is 11.3 Å². The molecule has 1 aliphatic carbocycles. The summed E-state index contributed by atoms with van der Waals surface area (Å²) in [5, 5.41) is 23.6. The molecule has 2 N–H and O–H groups in total. The largest absolute Gasteiger partial charge is 0.396 e. The number of nitrogens with zero attached hydrogens (tertiary/aromatic N) is 1. The highest BCUT2D eigenvalue weighted by Gasteiger charge is 2.36. The number of hydrogen-bond donors (Lipinski definition) is 2. The lowest BCUT2D eigenvalue weighted by atomic mass is 9.81. The maximum Gasteiger partial charge on any atom is 0.133 e. The van der Waals surface area contributed by atoms with E-state index in [0.29, 0.717) is 13.0 Å². The third kappa shape index (κ3) is 1.99. The Bertz CT molecular complexity index is 396. The van der Waals surface area contributed by atoms with Crippen molar-refractivity contribution in [1.29, 1.82) is 5.26 Å². The molecule has 0 saturated carbocycles. The zero-order chi connectivity index (χ0) is 11.4. The molecule has 1 atom stereocenters. The Morgan fingerprint density at radius 3 is 3.25 bits per heavy atom. The molecule has 0 amide bonds. The van der Waals surface area contributed by atoms with Gasteiger partial charge in [-0.25, -0.2) is 0 Å². The number of aryl methyl sites for hydroxylation is 1. The summed E-state index contributed by atoms with van der Waals surface area (Å²) in [7, 11) is 0. The van der Waals surface area contributed by atoms with Gasteiger partial charge in [0.15, 0.2) is 0 Å². The maximum atomic E-state index is 9.44. The van der Waals surface area contributed by atoms with Crippen LogP contribution in [0.2, 0.25) is 0 Å². The molecule has 1 aromatic heterocycles. The summed E-state index contributed by atoms with van der Waals surface area (Å²) in [6.07, 6.45) is 3.73. The summed E-state index contributed by atoms with van der Waals surface area (Å²) < 4.78 is 0. The van der Waals surface area contributed by atoms with Crippen molar-refractivity contribution in [1.82, 2.24) is 5.32 Å². The molecule has 0 saturated heterocycles. The number of nitrogens with one attached hydrogen (secondary N) is 1. The van der Waals surface area contributed by atoms with Gasteiger partial charge in [0.2, 0.25) is 0 Å². The fourth-order valence-corrected chi connectivity index (χ4v) is 3.28. The van der Waals surface area contributed by atoms with Gasteiger partial charge in [0.25, 0.3) is 0 Å². The number of rotatable bonds is 4. The van der Waals surface area contributed by atoms with Crippen molar-refractivity contribution in [3.05, 3.63) is 21.9 Å². The SMILES string of the molecule is N#CC1(NCCCO)CCCc2sccc21. The summed E-state index contributed by atoms with van der Waals surface area (Å²) in [6.45, 7) is 0.865. The summed E-state index contributed by atoms with van der Waals surface area (Å²) in [4.78, 5) is 1.34. The smallest absolute Gasteiger partial charge is 0.133 e. The second kappa shape index (κ2) is 4.96. The molecule has 1 unspecified atom stereocenters. The van der Waals surface area contributed by atoms with Crippen LogP contribution in [-0.4, -0.2) is 18.3 Å². The Labute approximate surface area is 99.7 Å². The van der Waals surface area contributed by atoms with Gasteiger partial charge in [-0.1, -0.05) is 0 Å². The molecule has 3 nitrogen and oxygen atoms in total. The topological polar surface area (TPSA) is 56.0 Å². The molecule has 0 spiro atoms. The molecular formula is C12H16N2OS. The molecule has 0 bridgehead atoms. The standard InChI is InChI=1S/C12H16N2OS/c13-9-12(14-6-2-7-15)5-1-3-11-10(12)4-8-16-11/h4,8,14-15H,1-3,5-7H2. The van der Waals surface area contributed by atoms with Gasteiger partial charge in [0.05, 0.1) is 6.07 Å². The molecular weight excluding hydrogens is 220 g/mol. The molecule has 1 heterocycles. The number of hydrogen-bond acceptors (Lipinski definition) is 4. The van der Waals surface area contributed by atoms with Gasteiger partial charge in [-0.3, -0.25) is 5.32 Å². The predicted octanol–water partition coefficient (Wildman–Crippen LogP) is 1.78. The van der Waals surface area contributed by atoms with Gasteiger partial charge in [-0.2, -0.15) is 5.26 Å². The third-order valence-electron chi connectivity index (χ3n) is 3.11. The van der Waals surface area contributed by atoms with Crippen molar-refractivity contribution >= 4 is 11.3 Å². The fraction of sp³-hybridized carbons (Fsp3) is 0.583. The monoisotopic (exact) mass is 236 g/mol. The van der Waals surface area contributed by atoms with Gasteiger partial charge in [0.1, 0.15) is 5.54 Å². The van der Waals surface area contributed by atoms with Crippen LogP contribution in [0.15, 0.2) is 11.4 Å². The zero-order valence-corrected chi connectivity index (χ0v) is 10.0. The van der Waals surface area contributed by atoms with E-state index in [9.17, 15) is 5.26 Å². The molecule has 1 aliphatic rings. The first-order valence-electron chi connectivity index (χ1n) is 5.66. The number of thiophene rings is 1. The molecule has 1 aromatic rings. The number of fused-ring (bicyclic) bond motifs is 1. The quantitative estimate of drug-likeness (QED) is 0.783. The van der Waals surface area contributed by atoms with E-state index in [4.69, 9.17) is 5.11 Å². The minimum Gasteiger partial charge on any atom is -0.396 e.